The Morgan fingerprint density at radius 2 is 1.89 bits per heavy atom. The van der Waals surface area contributed by atoms with E-state index in [0.717, 1.165) is 44.1 Å². The van der Waals surface area contributed by atoms with E-state index in [1.165, 1.54) is 17.5 Å². The smallest absolute Gasteiger partial charge is 0.251 e. The Morgan fingerprint density at radius 3 is 2.63 bits per heavy atom. The van der Waals surface area contributed by atoms with Crippen molar-refractivity contribution >= 4 is 5.91 Å². The van der Waals surface area contributed by atoms with Crippen molar-refractivity contribution in [2.24, 2.45) is 0 Å². The number of amides is 1. The fourth-order valence-electron chi connectivity index (χ4n) is 3.40. The number of hydrogen-bond donors (Lipinski definition) is 2. The molecule has 2 aliphatic carbocycles. The van der Waals surface area contributed by atoms with Crippen molar-refractivity contribution in [1.29, 1.82) is 0 Å². The molecule has 0 heterocycles. The maximum absolute atomic E-state index is 12.3. The minimum absolute atomic E-state index is 0.0364. The second kappa shape index (κ2) is 4.97. The van der Waals surface area contributed by atoms with Gasteiger partial charge in [-0.1, -0.05) is 18.9 Å². The quantitative estimate of drug-likeness (QED) is 0.874. The summed E-state index contributed by atoms with van der Waals surface area (Å²) >= 11 is 0. The number of aliphatic hydroxyl groups is 1. The second-order valence-electron chi connectivity index (χ2n) is 5.94. The van der Waals surface area contributed by atoms with E-state index < -0.39 is 0 Å². The van der Waals surface area contributed by atoms with Crippen LogP contribution < -0.4 is 5.32 Å². The minimum Gasteiger partial charge on any atom is -0.394 e. The lowest BCUT2D eigenvalue weighted by Gasteiger charge is -2.28. The zero-order chi connectivity index (χ0) is 13.3. The van der Waals surface area contributed by atoms with Gasteiger partial charge in [-0.2, -0.15) is 0 Å². The molecule has 1 fully saturated rings. The van der Waals surface area contributed by atoms with Crippen LogP contribution in [0.3, 0.4) is 0 Å². The van der Waals surface area contributed by atoms with E-state index in [2.05, 4.69) is 11.4 Å². The Labute approximate surface area is 114 Å². The van der Waals surface area contributed by atoms with E-state index in [1.54, 1.807) is 0 Å². The molecule has 0 atom stereocenters. The summed E-state index contributed by atoms with van der Waals surface area (Å²) in [6, 6.07) is 6.02. The number of carbonyl (C=O) groups is 1. The average Bonchev–Trinajstić information content (AvgIpc) is 3.06. The van der Waals surface area contributed by atoms with Gasteiger partial charge in [0.05, 0.1) is 12.1 Å². The highest BCUT2D eigenvalue weighted by molar-refractivity contribution is 5.95. The first-order valence-corrected chi connectivity index (χ1v) is 7.28. The van der Waals surface area contributed by atoms with E-state index in [4.69, 9.17) is 0 Å². The number of nitrogens with one attached hydrogen (secondary N) is 1. The van der Waals surface area contributed by atoms with Crippen LogP contribution in [0.2, 0.25) is 0 Å². The third kappa shape index (κ3) is 2.39. The molecule has 1 saturated carbocycles. The molecule has 0 spiro atoms. The Balaban J connectivity index is 1.77. The van der Waals surface area contributed by atoms with Gasteiger partial charge in [0.15, 0.2) is 0 Å². The highest BCUT2D eigenvalue weighted by Crippen LogP contribution is 2.30. The summed E-state index contributed by atoms with van der Waals surface area (Å²) < 4.78 is 0. The fraction of sp³-hybridized carbons (Fsp3) is 0.562. The number of hydrogen-bond acceptors (Lipinski definition) is 2. The molecule has 1 aromatic rings. The lowest BCUT2D eigenvalue weighted by molar-refractivity contribution is 0.0838. The molecule has 19 heavy (non-hydrogen) atoms. The van der Waals surface area contributed by atoms with Crippen LogP contribution >= 0.6 is 0 Å². The Kier molecular flexibility index (Phi) is 3.31. The van der Waals surface area contributed by atoms with Gasteiger partial charge in [0.25, 0.3) is 5.91 Å². The van der Waals surface area contributed by atoms with Crippen molar-refractivity contribution in [3.8, 4) is 0 Å². The van der Waals surface area contributed by atoms with Crippen LogP contribution in [0.4, 0.5) is 0 Å². The largest absolute Gasteiger partial charge is 0.394 e. The van der Waals surface area contributed by atoms with Gasteiger partial charge in [-0.25, -0.2) is 0 Å². The number of aryl methyl sites for hydroxylation is 2. The maximum Gasteiger partial charge on any atom is 0.251 e. The van der Waals surface area contributed by atoms with E-state index in [9.17, 15) is 9.90 Å². The van der Waals surface area contributed by atoms with Crippen molar-refractivity contribution in [3.63, 3.8) is 0 Å². The zero-order valence-corrected chi connectivity index (χ0v) is 11.2. The minimum atomic E-state index is -0.379. The maximum atomic E-state index is 12.3. The molecule has 1 amide bonds. The molecule has 3 heteroatoms. The summed E-state index contributed by atoms with van der Waals surface area (Å²) in [5.41, 5.74) is 3.06. The molecular formula is C16H21NO2. The summed E-state index contributed by atoms with van der Waals surface area (Å²) in [6.45, 7) is 0.0453. The molecule has 3 rings (SSSR count). The van der Waals surface area contributed by atoms with E-state index in [-0.39, 0.29) is 18.1 Å². The molecule has 2 aliphatic rings. The van der Waals surface area contributed by atoms with Gasteiger partial charge in [0.2, 0.25) is 0 Å². The van der Waals surface area contributed by atoms with Crippen molar-refractivity contribution in [2.75, 3.05) is 6.61 Å². The molecule has 0 saturated heterocycles. The van der Waals surface area contributed by atoms with Gasteiger partial charge < -0.3 is 10.4 Å². The Hall–Kier alpha value is -1.35. The summed E-state index contributed by atoms with van der Waals surface area (Å²) in [7, 11) is 0. The third-order valence-corrected chi connectivity index (χ3v) is 4.60. The first-order valence-electron chi connectivity index (χ1n) is 7.28. The summed E-state index contributed by atoms with van der Waals surface area (Å²) in [5, 5.41) is 12.6. The highest BCUT2D eigenvalue weighted by atomic mass is 16.3. The highest BCUT2D eigenvalue weighted by Gasteiger charge is 2.34. The zero-order valence-electron chi connectivity index (χ0n) is 11.2. The molecule has 1 aromatic carbocycles. The molecule has 2 N–H and O–H groups in total. The van der Waals surface area contributed by atoms with Gasteiger partial charge in [-0.15, -0.1) is 0 Å². The molecule has 3 nitrogen and oxygen atoms in total. The van der Waals surface area contributed by atoms with E-state index in [0.29, 0.717) is 0 Å². The normalized spacial score (nSPS) is 20.3. The number of benzene rings is 1. The number of carbonyl (C=O) groups excluding carboxylic acids is 1. The van der Waals surface area contributed by atoms with Crippen LogP contribution in [-0.2, 0) is 12.8 Å². The standard InChI is InChI=1S/C16H21NO2/c18-11-16(8-1-2-9-16)17-15(19)14-7-6-12-4-3-5-13(12)10-14/h6-7,10,18H,1-5,8-9,11H2,(H,17,19). The van der Waals surface area contributed by atoms with Gasteiger partial charge in [-0.05, 0) is 55.4 Å². The first kappa shape index (κ1) is 12.7. The van der Waals surface area contributed by atoms with Gasteiger partial charge in [-0.3, -0.25) is 4.79 Å². The molecule has 0 unspecified atom stereocenters. The third-order valence-electron chi connectivity index (χ3n) is 4.60. The fourth-order valence-corrected chi connectivity index (χ4v) is 3.40. The summed E-state index contributed by atoms with van der Waals surface area (Å²) in [4.78, 5) is 12.3. The van der Waals surface area contributed by atoms with Crippen LogP contribution in [0.1, 0.15) is 53.6 Å². The lowest BCUT2D eigenvalue weighted by Crippen LogP contribution is -2.49. The summed E-state index contributed by atoms with van der Waals surface area (Å²) in [6.07, 6.45) is 7.37. The van der Waals surface area contributed by atoms with Crippen molar-refractivity contribution < 1.29 is 9.90 Å². The van der Waals surface area contributed by atoms with E-state index >= 15 is 0 Å². The van der Waals surface area contributed by atoms with Gasteiger partial charge in [0, 0.05) is 5.56 Å². The number of rotatable bonds is 3. The van der Waals surface area contributed by atoms with Crippen LogP contribution in [0.5, 0.6) is 0 Å². The first-order chi connectivity index (χ1) is 9.22. The molecule has 0 radical (unpaired) electrons. The van der Waals surface area contributed by atoms with Crippen molar-refractivity contribution in [1.82, 2.24) is 5.32 Å². The van der Waals surface area contributed by atoms with E-state index in [1.807, 2.05) is 12.1 Å². The van der Waals surface area contributed by atoms with Crippen molar-refractivity contribution in [3.05, 3.63) is 34.9 Å². The monoisotopic (exact) mass is 259 g/mol. The molecule has 102 valence electrons. The SMILES string of the molecule is O=C(NC1(CO)CCCC1)c1ccc2c(c1)CCC2. The van der Waals surface area contributed by atoms with Crippen LogP contribution in [0, 0.1) is 0 Å². The summed E-state index contributed by atoms with van der Waals surface area (Å²) in [5.74, 6) is -0.0364. The topological polar surface area (TPSA) is 49.3 Å². The average molecular weight is 259 g/mol. The Morgan fingerprint density at radius 1 is 1.16 bits per heavy atom. The Bertz CT molecular complexity index is 490. The number of aliphatic hydroxyl groups excluding tert-OH is 1. The van der Waals surface area contributed by atoms with Gasteiger partial charge in [0.1, 0.15) is 0 Å². The molecule has 0 aromatic heterocycles. The van der Waals surface area contributed by atoms with Crippen molar-refractivity contribution in [2.45, 2.75) is 50.5 Å². The van der Waals surface area contributed by atoms with Crippen LogP contribution in [0.25, 0.3) is 0 Å². The second-order valence-corrected chi connectivity index (χ2v) is 5.94. The molecule has 0 aliphatic heterocycles. The predicted molar refractivity (Wildman–Crippen MR) is 74.2 cm³/mol. The lowest BCUT2D eigenvalue weighted by atomic mass is 9.97. The molecule has 0 bridgehead atoms. The molecular weight excluding hydrogens is 238 g/mol. The van der Waals surface area contributed by atoms with Crippen LogP contribution in [0.15, 0.2) is 18.2 Å². The van der Waals surface area contributed by atoms with Crippen LogP contribution in [-0.4, -0.2) is 23.2 Å². The number of fused-ring (bicyclic) bond motifs is 1. The predicted octanol–water partition coefficient (Wildman–Crippen LogP) is 2.21. The van der Waals surface area contributed by atoms with Gasteiger partial charge >= 0.3 is 0 Å².